The van der Waals surface area contributed by atoms with Crippen molar-refractivity contribution >= 4 is 42.0 Å². The van der Waals surface area contributed by atoms with Gasteiger partial charge in [0.05, 0.1) is 24.1 Å². The lowest BCUT2D eigenvalue weighted by Gasteiger charge is -2.19. The third-order valence-corrected chi connectivity index (χ3v) is 6.16. The number of terminal acetylenes is 1. The summed E-state index contributed by atoms with van der Waals surface area (Å²) in [7, 11) is 0. The van der Waals surface area contributed by atoms with Crippen molar-refractivity contribution in [2.24, 2.45) is 17.0 Å². The van der Waals surface area contributed by atoms with Gasteiger partial charge in [0.25, 0.3) is 0 Å². The van der Waals surface area contributed by atoms with E-state index in [2.05, 4.69) is 41.2 Å². The number of hydrogen-bond acceptors (Lipinski definition) is 11. The highest BCUT2D eigenvalue weighted by Crippen LogP contribution is 2.14. The molecule has 0 spiro atoms. The summed E-state index contributed by atoms with van der Waals surface area (Å²) in [6.45, 7) is 13.7. The molecule has 50 heavy (non-hydrogen) atoms. The Morgan fingerprint density at radius 2 is 1.68 bits per heavy atom. The molecule has 0 aliphatic rings. The van der Waals surface area contributed by atoms with Crippen molar-refractivity contribution in [1.82, 2.24) is 34.5 Å². The van der Waals surface area contributed by atoms with Crippen molar-refractivity contribution in [3.05, 3.63) is 46.1 Å². The summed E-state index contributed by atoms with van der Waals surface area (Å²) < 4.78 is 8.05. The molecule has 3 rings (SSSR count). The molecule has 17 heteroatoms. The monoisotopic (exact) mass is 716 g/mol. The Balaban J connectivity index is 0.000000758. The second kappa shape index (κ2) is 23.5. The van der Waals surface area contributed by atoms with Crippen LogP contribution in [0.1, 0.15) is 97.7 Å². The van der Waals surface area contributed by atoms with Crippen LogP contribution in [-0.2, 0) is 40.1 Å². The predicted octanol–water partition coefficient (Wildman–Crippen LogP) is 5.91. The van der Waals surface area contributed by atoms with Crippen LogP contribution in [0.2, 0.25) is 0 Å². The Morgan fingerprint density at radius 1 is 1.04 bits per heavy atom. The van der Waals surface area contributed by atoms with Crippen LogP contribution in [0.4, 0.5) is 16.7 Å². The maximum absolute atomic E-state index is 11.8. The Hall–Kier alpha value is -4.87. The van der Waals surface area contributed by atoms with Crippen molar-refractivity contribution in [3.63, 3.8) is 0 Å². The van der Waals surface area contributed by atoms with Crippen molar-refractivity contribution in [2.45, 2.75) is 112 Å². The molecule has 0 unspecified atom stereocenters. The first kappa shape index (κ1) is 45.1. The molecule has 0 fully saturated rings. The number of ketones is 2. The highest BCUT2D eigenvalue weighted by molar-refractivity contribution is 5.85. The number of aromatic amines is 1. The second-order valence-corrected chi connectivity index (χ2v) is 13.2. The molecule has 16 nitrogen and oxygen atoms in total. The maximum Gasteiger partial charge on any atom is 0.421 e. The zero-order chi connectivity index (χ0) is 37.0. The lowest BCUT2D eigenvalue weighted by molar-refractivity contribution is -0.120. The Morgan fingerprint density at radius 3 is 2.24 bits per heavy atom. The summed E-state index contributed by atoms with van der Waals surface area (Å²) in [5, 5.41) is 11.2. The number of rotatable bonds is 15. The van der Waals surface area contributed by atoms with Gasteiger partial charge in [-0.2, -0.15) is 0 Å². The number of carbonyl (C=O) groups excluding carboxylic acids is 3. The van der Waals surface area contributed by atoms with E-state index in [4.69, 9.17) is 28.2 Å². The highest BCUT2D eigenvalue weighted by atomic mass is 35.5. The van der Waals surface area contributed by atoms with E-state index >= 15 is 0 Å². The topological polar surface area (TPSA) is 238 Å². The number of halogens is 1. The number of aromatic nitrogens is 7. The van der Waals surface area contributed by atoms with E-state index in [1.807, 2.05) is 33.9 Å². The smallest absolute Gasteiger partial charge is 0.421 e. The molecule has 0 aliphatic carbocycles. The van der Waals surface area contributed by atoms with E-state index in [0.29, 0.717) is 50.0 Å². The summed E-state index contributed by atoms with van der Waals surface area (Å²) in [6.07, 6.45) is 15.7. The van der Waals surface area contributed by atoms with E-state index < -0.39 is 11.7 Å². The minimum Gasteiger partial charge on any atom is -0.443 e. The number of hydrogen-bond donors (Lipinski definition) is 3. The first-order valence-electron chi connectivity index (χ1n) is 16.3. The number of ether oxygens (including phenoxy) is 1. The zero-order valence-electron chi connectivity index (χ0n) is 30.3. The quantitative estimate of drug-likeness (QED) is 0.0552. The van der Waals surface area contributed by atoms with Crippen LogP contribution in [0.25, 0.3) is 10.4 Å². The van der Waals surface area contributed by atoms with Crippen molar-refractivity contribution in [1.29, 1.82) is 0 Å². The van der Waals surface area contributed by atoms with Gasteiger partial charge in [-0.3, -0.25) is 9.59 Å². The molecule has 3 aromatic heterocycles. The van der Waals surface area contributed by atoms with Crippen LogP contribution in [0.3, 0.4) is 0 Å². The van der Waals surface area contributed by atoms with Gasteiger partial charge >= 0.3 is 6.09 Å². The summed E-state index contributed by atoms with van der Waals surface area (Å²) in [5.41, 5.74) is 21.2. The normalized spacial score (nSPS) is 10.5. The van der Waals surface area contributed by atoms with E-state index in [9.17, 15) is 14.4 Å². The Bertz CT molecular complexity index is 1560. The molecule has 276 valence electrons. The van der Waals surface area contributed by atoms with Crippen LogP contribution in [0.5, 0.6) is 0 Å². The molecule has 0 atom stereocenters. The molecule has 0 amide bonds. The number of aryl methyl sites for hydroxylation is 3. The molecule has 5 N–H and O–H groups in total. The number of nitrogens with zero attached hydrogens (tertiary/aromatic N) is 9. The maximum atomic E-state index is 11.8. The van der Waals surface area contributed by atoms with E-state index in [1.165, 1.54) is 4.57 Å². The van der Waals surface area contributed by atoms with Crippen LogP contribution < -0.4 is 11.5 Å². The number of nitrogens with two attached hydrogens (primary N) is 2. The van der Waals surface area contributed by atoms with E-state index in [0.717, 1.165) is 42.8 Å². The average Bonchev–Trinajstić information content (AvgIpc) is 3.71. The summed E-state index contributed by atoms with van der Waals surface area (Å²) in [6, 6.07) is 0. The Labute approximate surface area is 300 Å². The average molecular weight is 717 g/mol. The predicted molar refractivity (Wildman–Crippen MR) is 195 cm³/mol. The summed E-state index contributed by atoms with van der Waals surface area (Å²) in [4.78, 5) is 47.8. The van der Waals surface area contributed by atoms with E-state index in [-0.39, 0.29) is 36.5 Å². The molecule has 0 bridgehead atoms. The van der Waals surface area contributed by atoms with Crippen molar-refractivity contribution in [3.8, 4) is 12.3 Å². The number of imidazole rings is 2. The zero-order valence-corrected chi connectivity index (χ0v) is 31.1. The van der Waals surface area contributed by atoms with Gasteiger partial charge in [0.1, 0.15) is 17.9 Å². The number of azide groups is 1. The number of H-pyrrole nitrogens is 1. The van der Waals surface area contributed by atoms with Gasteiger partial charge in [0, 0.05) is 42.3 Å². The van der Waals surface area contributed by atoms with Crippen molar-refractivity contribution in [2.75, 3.05) is 18.0 Å². The molecule has 3 heterocycles. The van der Waals surface area contributed by atoms with Crippen LogP contribution in [0, 0.1) is 24.2 Å². The molecular formula is C33H53ClN12O4. The van der Waals surface area contributed by atoms with Gasteiger partial charge in [0.2, 0.25) is 5.95 Å². The number of carbonyl (C=O) groups is 3. The van der Waals surface area contributed by atoms with Crippen LogP contribution >= 0.6 is 12.4 Å². The third kappa shape index (κ3) is 20.5. The van der Waals surface area contributed by atoms with Crippen LogP contribution in [0.15, 0.2) is 23.7 Å². The fourth-order valence-electron chi connectivity index (χ4n) is 4.22. The highest BCUT2D eigenvalue weighted by Gasteiger charge is 2.20. The first-order chi connectivity index (χ1) is 23.0. The molecule has 0 saturated heterocycles. The minimum absolute atomic E-state index is 0. The van der Waals surface area contributed by atoms with Crippen molar-refractivity contribution < 1.29 is 19.1 Å². The number of unbranched alkanes of at least 4 members (excludes halogenated alkanes) is 1. The molecule has 0 aliphatic heterocycles. The van der Waals surface area contributed by atoms with Gasteiger partial charge in [0.15, 0.2) is 11.7 Å². The molecule has 0 saturated carbocycles. The molecule has 0 radical (unpaired) electrons. The summed E-state index contributed by atoms with van der Waals surface area (Å²) in [5.74, 6) is 4.06. The number of nitrogens with one attached hydrogen (secondary N) is 1. The van der Waals surface area contributed by atoms with Gasteiger partial charge < -0.3 is 21.2 Å². The lowest BCUT2D eigenvalue weighted by atomic mass is 10.1. The number of anilines is 2. The molecular weight excluding hydrogens is 664 g/mol. The molecule has 3 aromatic rings. The van der Waals surface area contributed by atoms with Gasteiger partial charge in [-0.25, -0.2) is 24.0 Å². The third-order valence-electron chi connectivity index (χ3n) is 6.16. The SMILES string of the molecule is C#CCCCc1cn(C(=O)OC(C)(C)C)c(N)n1.CC(C)CC(=O)CN=[N+]=[N-].CC(C)CC(=O)Cn1cc(CCCc2cnc(N)[nH]2)nn1.Cl. The standard InChI is InChI=1S/C14H22N6O.C13H19N3O2.C6H11N3O.ClH/c1-10(2)6-13(21)9-20-8-12(18-19-20)5-3-4-11-7-16-14(15)17-11;1-5-6-7-8-10-9-16(11(14)15-10)12(17)18-13(2,3)4;1-5(2)3-6(10)4-8-9-7;/h7-8,10H,3-6,9H2,1-2H3,(H3,15,16,17);1,9H,6-8H2,2-4H3,(H2,14,15);5H,3-4H2,1-2H3;1H. The second-order valence-electron chi connectivity index (χ2n) is 13.2. The van der Waals surface area contributed by atoms with Gasteiger partial charge in [-0.15, -0.1) is 29.8 Å². The first-order valence-corrected chi connectivity index (χ1v) is 16.3. The van der Waals surface area contributed by atoms with Gasteiger partial charge in [-0.1, -0.05) is 38.0 Å². The number of nitrogen functional groups attached to an aromatic ring is 2. The minimum atomic E-state index is -0.558. The van der Waals surface area contributed by atoms with Gasteiger partial charge in [-0.05, 0) is 70.2 Å². The molecule has 0 aromatic carbocycles. The largest absolute Gasteiger partial charge is 0.443 e. The Kier molecular flexibility index (Phi) is 21.2. The fourth-order valence-corrected chi connectivity index (χ4v) is 4.22. The summed E-state index contributed by atoms with van der Waals surface area (Å²) >= 11 is 0. The fraction of sp³-hybridized carbons (Fsp3) is 0.606. The number of Topliss-reactive ketones (excluding diaryl/α,β-unsaturated/α-hetero) is 2. The lowest BCUT2D eigenvalue weighted by Crippen LogP contribution is -2.27. The van der Waals surface area contributed by atoms with Crippen LogP contribution in [-0.4, -0.2) is 64.3 Å². The van der Waals surface area contributed by atoms with E-state index in [1.54, 1.807) is 37.8 Å².